The van der Waals surface area contributed by atoms with Crippen LogP contribution in [0.3, 0.4) is 0 Å². The fourth-order valence-corrected chi connectivity index (χ4v) is 3.54. The van der Waals surface area contributed by atoms with Crippen LogP contribution in [-0.4, -0.2) is 13.4 Å². The number of hydrogen-bond donors (Lipinski definition) is 1. The van der Waals surface area contributed by atoms with E-state index in [9.17, 15) is 8.42 Å². The molecule has 20 heavy (non-hydrogen) atoms. The summed E-state index contributed by atoms with van der Waals surface area (Å²) in [6.07, 6.45) is 1.34. The molecule has 2 aromatic rings. The minimum absolute atomic E-state index is 0.160. The lowest BCUT2D eigenvalue weighted by atomic mass is 10.2. The number of anilines is 1. The van der Waals surface area contributed by atoms with Crippen LogP contribution in [0.25, 0.3) is 0 Å². The van der Waals surface area contributed by atoms with Gasteiger partial charge in [-0.25, -0.2) is 13.4 Å². The zero-order chi connectivity index (χ0) is 14.9. The molecule has 0 unspecified atom stereocenters. The Hall–Kier alpha value is -0.820. The zero-order valence-electron chi connectivity index (χ0n) is 10.2. The van der Waals surface area contributed by atoms with Gasteiger partial charge in [0.15, 0.2) is 0 Å². The van der Waals surface area contributed by atoms with E-state index in [0.29, 0.717) is 20.7 Å². The Morgan fingerprint density at radius 3 is 2.55 bits per heavy atom. The first kappa shape index (κ1) is 15.6. The van der Waals surface area contributed by atoms with E-state index >= 15 is 0 Å². The molecule has 0 amide bonds. The number of aromatic nitrogens is 1. The van der Waals surface area contributed by atoms with Crippen molar-refractivity contribution >= 4 is 54.8 Å². The molecule has 1 aromatic carbocycles. The van der Waals surface area contributed by atoms with E-state index in [0.717, 1.165) is 0 Å². The lowest BCUT2D eigenvalue weighted by Crippen LogP contribution is -2.14. The fraction of sp³-hybridized carbons (Fsp3) is 0.0833. The molecule has 8 heteroatoms. The molecule has 1 heterocycles. The van der Waals surface area contributed by atoms with E-state index in [-0.39, 0.29) is 10.0 Å². The van der Waals surface area contributed by atoms with Crippen molar-refractivity contribution in [1.29, 1.82) is 0 Å². The van der Waals surface area contributed by atoms with Crippen molar-refractivity contribution in [1.82, 2.24) is 4.98 Å². The van der Waals surface area contributed by atoms with Crippen molar-refractivity contribution in [2.24, 2.45) is 0 Å². The highest BCUT2D eigenvalue weighted by molar-refractivity contribution is 9.10. The number of halogens is 3. The van der Waals surface area contributed by atoms with E-state index in [2.05, 4.69) is 25.6 Å². The van der Waals surface area contributed by atoms with Gasteiger partial charge in [-0.05, 0) is 52.7 Å². The van der Waals surface area contributed by atoms with E-state index in [1.54, 1.807) is 13.0 Å². The quantitative estimate of drug-likeness (QED) is 0.789. The van der Waals surface area contributed by atoms with Gasteiger partial charge in [0.25, 0.3) is 10.0 Å². The summed E-state index contributed by atoms with van der Waals surface area (Å²) in [5, 5.41) is 0.743. The first-order chi connectivity index (χ1) is 9.29. The van der Waals surface area contributed by atoms with Crippen molar-refractivity contribution in [2.75, 3.05) is 4.72 Å². The van der Waals surface area contributed by atoms with Gasteiger partial charge in [0, 0.05) is 5.02 Å². The van der Waals surface area contributed by atoms with Crippen LogP contribution in [0.5, 0.6) is 0 Å². The lowest BCUT2D eigenvalue weighted by molar-refractivity contribution is 0.600. The third kappa shape index (κ3) is 3.44. The van der Waals surface area contributed by atoms with Crippen LogP contribution < -0.4 is 4.72 Å². The Morgan fingerprint density at radius 1 is 1.25 bits per heavy atom. The molecule has 0 aliphatic heterocycles. The highest BCUT2D eigenvalue weighted by Crippen LogP contribution is 2.26. The van der Waals surface area contributed by atoms with Gasteiger partial charge in [-0.2, -0.15) is 0 Å². The van der Waals surface area contributed by atoms with Gasteiger partial charge in [-0.15, -0.1) is 0 Å². The van der Waals surface area contributed by atoms with Gasteiger partial charge >= 0.3 is 0 Å². The van der Waals surface area contributed by atoms with E-state index in [1.807, 2.05) is 0 Å². The summed E-state index contributed by atoms with van der Waals surface area (Å²) in [6.45, 7) is 1.68. The predicted molar refractivity (Wildman–Crippen MR) is 83.9 cm³/mol. The van der Waals surface area contributed by atoms with Crippen molar-refractivity contribution in [3.63, 3.8) is 0 Å². The standard InChI is InChI=1S/C12H9BrCl2N2O2S/c1-7-4-8(14)2-3-11(7)20(18,19)17-9-5-10(13)12(15)16-6-9/h2-6,17H,1H3. The molecule has 1 N–H and O–H groups in total. The van der Waals surface area contributed by atoms with Crippen LogP contribution in [0, 0.1) is 6.92 Å². The summed E-state index contributed by atoms with van der Waals surface area (Å²) in [6, 6.07) is 6.11. The van der Waals surface area contributed by atoms with E-state index in [1.165, 1.54) is 24.4 Å². The second kappa shape index (κ2) is 5.89. The topological polar surface area (TPSA) is 59.1 Å². The summed E-state index contributed by atoms with van der Waals surface area (Å²) in [5.41, 5.74) is 0.876. The molecule has 4 nitrogen and oxygen atoms in total. The number of benzene rings is 1. The third-order valence-electron chi connectivity index (χ3n) is 2.47. The molecule has 2 rings (SSSR count). The van der Waals surface area contributed by atoms with Crippen LogP contribution in [-0.2, 0) is 10.0 Å². The third-order valence-corrected chi connectivity index (χ3v) is 5.39. The van der Waals surface area contributed by atoms with Gasteiger partial charge in [0.1, 0.15) is 5.15 Å². The Balaban J connectivity index is 2.38. The van der Waals surface area contributed by atoms with Crippen molar-refractivity contribution in [2.45, 2.75) is 11.8 Å². The maximum absolute atomic E-state index is 12.3. The average Bonchev–Trinajstić information content (AvgIpc) is 2.33. The molecule has 0 aliphatic carbocycles. The van der Waals surface area contributed by atoms with E-state index in [4.69, 9.17) is 23.2 Å². The number of sulfonamides is 1. The monoisotopic (exact) mass is 394 g/mol. The molecule has 0 saturated heterocycles. The Morgan fingerprint density at radius 2 is 1.95 bits per heavy atom. The number of aryl methyl sites for hydroxylation is 1. The van der Waals surface area contributed by atoms with Gasteiger partial charge in [-0.1, -0.05) is 23.2 Å². The van der Waals surface area contributed by atoms with Gasteiger partial charge in [0.05, 0.1) is 21.3 Å². The van der Waals surface area contributed by atoms with Crippen LogP contribution in [0.1, 0.15) is 5.56 Å². The SMILES string of the molecule is Cc1cc(Cl)ccc1S(=O)(=O)Nc1cnc(Cl)c(Br)c1. The summed E-state index contributed by atoms with van der Waals surface area (Å²) >= 11 is 14.8. The van der Waals surface area contributed by atoms with Gasteiger partial charge < -0.3 is 0 Å². The van der Waals surface area contributed by atoms with Crippen molar-refractivity contribution in [3.8, 4) is 0 Å². The van der Waals surface area contributed by atoms with Crippen LogP contribution in [0.4, 0.5) is 5.69 Å². The second-order valence-electron chi connectivity index (χ2n) is 4.01. The van der Waals surface area contributed by atoms with Crippen molar-refractivity contribution in [3.05, 3.63) is 50.7 Å². The van der Waals surface area contributed by atoms with Crippen LogP contribution in [0.15, 0.2) is 39.8 Å². The highest BCUT2D eigenvalue weighted by atomic mass is 79.9. The van der Waals surface area contributed by atoms with Crippen LogP contribution >= 0.6 is 39.1 Å². The van der Waals surface area contributed by atoms with Crippen LogP contribution in [0.2, 0.25) is 10.2 Å². The number of nitrogens with zero attached hydrogens (tertiary/aromatic N) is 1. The van der Waals surface area contributed by atoms with Gasteiger partial charge in [-0.3, -0.25) is 4.72 Å². The van der Waals surface area contributed by atoms with E-state index < -0.39 is 10.0 Å². The van der Waals surface area contributed by atoms with Crippen molar-refractivity contribution < 1.29 is 8.42 Å². The number of nitrogens with one attached hydrogen (secondary N) is 1. The normalized spacial score (nSPS) is 11.4. The molecule has 106 valence electrons. The molecular weight excluding hydrogens is 387 g/mol. The summed E-state index contributed by atoms with van der Waals surface area (Å²) in [4.78, 5) is 4.02. The molecule has 0 radical (unpaired) electrons. The minimum Gasteiger partial charge on any atom is -0.278 e. The average molecular weight is 396 g/mol. The Labute approximate surface area is 135 Å². The molecule has 0 bridgehead atoms. The Kier molecular flexibility index (Phi) is 4.59. The fourth-order valence-electron chi connectivity index (χ4n) is 1.60. The summed E-state index contributed by atoms with van der Waals surface area (Å²) in [5.74, 6) is 0. The molecule has 0 fully saturated rings. The molecule has 1 aromatic heterocycles. The maximum Gasteiger partial charge on any atom is 0.262 e. The zero-order valence-corrected chi connectivity index (χ0v) is 14.1. The molecule has 0 atom stereocenters. The largest absolute Gasteiger partial charge is 0.278 e. The number of rotatable bonds is 3. The Bertz CT molecular complexity index is 766. The minimum atomic E-state index is -3.70. The predicted octanol–water partition coefficient (Wildman–Crippen LogP) is 4.26. The number of pyridine rings is 1. The molecule has 0 saturated carbocycles. The molecule has 0 aliphatic rings. The summed E-state index contributed by atoms with van der Waals surface area (Å²) in [7, 11) is -3.70. The maximum atomic E-state index is 12.3. The second-order valence-corrected chi connectivity index (χ2v) is 7.31. The first-order valence-corrected chi connectivity index (χ1v) is 8.43. The van der Waals surface area contributed by atoms with Gasteiger partial charge in [0.2, 0.25) is 0 Å². The molecular formula is C12H9BrCl2N2O2S. The lowest BCUT2D eigenvalue weighted by Gasteiger charge is -2.10. The smallest absolute Gasteiger partial charge is 0.262 e. The first-order valence-electron chi connectivity index (χ1n) is 5.39. The number of hydrogen-bond acceptors (Lipinski definition) is 3. The molecule has 0 spiro atoms. The summed E-state index contributed by atoms with van der Waals surface area (Å²) < 4.78 is 27.5. The highest BCUT2D eigenvalue weighted by Gasteiger charge is 2.17.